The number of alkyl halides is 6. The molecule has 2 heterocycles. The summed E-state index contributed by atoms with van der Waals surface area (Å²) < 4.78 is 81.2. The van der Waals surface area contributed by atoms with Gasteiger partial charge in [0.15, 0.2) is 5.69 Å². The number of hydrogen-bond donors (Lipinski definition) is 2. The van der Waals surface area contributed by atoms with Crippen molar-refractivity contribution in [2.45, 2.75) is 37.8 Å². The maximum atomic E-state index is 13.2. The van der Waals surface area contributed by atoms with Crippen LogP contribution in [0.2, 0.25) is 0 Å². The molecule has 0 saturated carbocycles. The molecule has 0 fully saturated rings. The third-order valence-corrected chi connectivity index (χ3v) is 3.67. The van der Waals surface area contributed by atoms with E-state index in [1.807, 2.05) is 5.32 Å². The normalized spacial score (nSPS) is 13.3. The number of nitrogens with one attached hydrogen (secondary N) is 1. The maximum absolute atomic E-state index is 13.2. The molecule has 2 N–H and O–H groups in total. The Kier molecular flexibility index (Phi) is 5.03. The highest BCUT2D eigenvalue weighted by Crippen LogP contribution is 2.52. The largest absolute Gasteiger partial charge is 0.430 e. The minimum absolute atomic E-state index is 0.231. The van der Waals surface area contributed by atoms with Gasteiger partial charge in [0.05, 0.1) is 11.8 Å². The standard InChI is InChI=1S/C14H15F6N5O2/c1-7(2)25-10(22-11(26)9-4-5-24(3)23-9)8(6-21-25)12(27,13(15,16)17)14(18,19)20/h4-7,27H,1-3H3,(H,22,26). The van der Waals surface area contributed by atoms with Gasteiger partial charge in [-0.15, -0.1) is 0 Å². The van der Waals surface area contributed by atoms with Crippen LogP contribution in [-0.4, -0.2) is 42.9 Å². The molecule has 7 nitrogen and oxygen atoms in total. The van der Waals surface area contributed by atoms with Crippen LogP contribution >= 0.6 is 0 Å². The number of amides is 1. The first-order valence-corrected chi connectivity index (χ1v) is 7.45. The van der Waals surface area contributed by atoms with Crippen molar-refractivity contribution in [2.75, 3.05) is 5.32 Å². The summed E-state index contributed by atoms with van der Waals surface area (Å²) in [5.74, 6) is -2.00. The van der Waals surface area contributed by atoms with Crippen molar-refractivity contribution in [3.05, 3.63) is 29.7 Å². The molecule has 2 aromatic rings. The van der Waals surface area contributed by atoms with E-state index in [0.29, 0.717) is 0 Å². The third-order valence-electron chi connectivity index (χ3n) is 3.67. The number of carbonyl (C=O) groups excluding carboxylic acids is 1. The lowest BCUT2D eigenvalue weighted by atomic mass is 9.94. The summed E-state index contributed by atoms with van der Waals surface area (Å²) in [6.45, 7) is 2.85. The van der Waals surface area contributed by atoms with E-state index >= 15 is 0 Å². The summed E-state index contributed by atoms with van der Waals surface area (Å²) in [6, 6.07) is 0.494. The van der Waals surface area contributed by atoms with Crippen molar-refractivity contribution < 1.29 is 36.2 Å². The zero-order valence-corrected chi connectivity index (χ0v) is 14.2. The number of rotatable bonds is 4. The van der Waals surface area contributed by atoms with E-state index < -0.39 is 41.3 Å². The maximum Gasteiger partial charge on any atom is 0.430 e. The van der Waals surface area contributed by atoms with Crippen LogP contribution in [0.25, 0.3) is 0 Å². The van der Waals surface area contributed by atoms with Crippen molar-refractivity contribution >= 4 is 11.7 Å². The Labute approximate surface area is 148 Å². The van der Waals surface area contributed by atoms with Crippen molar-refractivity contribution in [1.82, 2.24) is 19.6 Å². The van der Waals surface area contributed by atoms with Crippen molar-refractivity contribution in [3.8, 4) is 0 Å². The van der Waals surface area contributed by atoms with Gasteiger partial charge < -0.3 is 10.4 Å². The number of aromatic nitrogens is 4. The van der Waals surface area contributed by atoms with E-state index in [4.69, 9.17) is 0 Å². The molecule has 0 radical (unpaired) electrons. The average Bonchev–Trinajstić information content (AvgIpc) is 3.10. The SMILES string of the molecule is CC(C)n1ncc(C(O)(C(F)(F)F)C(F)(F)F)c1NC(=O)c1ccn(C)n1. The topological polar surface area (TPSA) is 85.0 Å². The van der Waals surface area contributed by atoms with E-state index in [9.17, 15) is 36.2 Å². The summed E-state index contributed by atoms with van der Waals surface area (Å²) in [5, 5.41) is 18.8. The Morgan fingerprint density at radius 1 is 1.19 bits per heavy atom. The smallest absolute Gasteiger partial charge is 0.369 e. The van der Waals surface area contributed by atoms with Gasteiger partial charge in [0.25, 0.3) is 11.5 Å². The van der Waals surface area contributed by atoms with Crippen LogP contribution in [0.15, 0.2) is 18.5 Å². The van der Waals surface area contributed by atoms with Gasteiger partial charge in [-0.25, -0.2) is 4.68 Å². The number of halogens is 6. The molecule has 13 heteroatoms. The van der Waals surface area contributed by atoms with Crippen LogP contribution in [0.4, 0.5) is 32.2 Å². The molecule has 0 aromatic carbocycles. The first-order valence-electron chi connectivity index (χ1n) is 7.45. The van der Waals surface area contributed by atoms with E-state index in [-0.39, 0.29) is 11.9 Å². The monoisotopic (exact) mass is 399 g/mol. The molecular weight excluding hydrogens is 384 g/mol. The molecule has 0 unspecified atom stereocenters. The number of carbonyl (C=O) groups is 1. The summed E-state index contributed by atoms with van der Waals surface area (Å²) in [5.41, 5.74) is -7.11. The zero-order chi connectivity index (χ0) is 20.8. The van der Waals surface area contributed by atoms with E-state index in [1.54, 1.807) is 0 Å². The van der Waals surface area contributed by atoms with E-state index in [1.165, 1.54) is 37.8 Å². The van der Waals surface area contributed by atoms with Gasteiger partial charge in [-0.1, -0.05) is 0 Å². The molecule has 150 valence electrons. The number of nitrogens with zero attached hydrogens (tertiary/aromatic N) is 4. The number of aliphatic hydroxyl groups is 1. The van der Waals surface area contributed by atoms with Crippen molar-refractivity contribution in [2.24, 2.45) is 7.05 Å². The quantitative estimate of drug-likeness (QED) is 0.775. The minimum Gasteiger partial charge on any atom is -0.369 e. The predicted molar refractivity (Wildman–Crippen MR) is 79.8 cm³/mol. The fourth-order valence-electron chi connectivity index (χ4n) is 2.32. The first kappa shape index (κ1) is 20.7. The number of aryl methyl sites for hydroxylation is 1. The molecule has 0 saturated heterocycles. The van der Waals surface area contributed by atoms with Gasteiger partial charge in [0.1, 0.15) is 5.82 Å². The molecule has 0 spiro atoms. The van der Waals surface area contributed by atoms with Crippen molar-refractivity contribution in [3.63, 3.8) is 0 Å². The molecule has 27 heavy (non-hydrogen) atoms. The summed E-state index contributed by atoms with van der Waals surface area (Å²) in [7, 11) is 1.46. The van der Waals surface area contributed by atoms with E-state index in [2.05, 4.69) is 10.2 Å². The second kappa shape index (κ2) is 6.55. The Hall–Kier alpha value is -2.57. The molecular formula is C14H15F6N5O2. The third kappa shape index (κ3) is 3.50. The summed E-state index contributed by atoms with van der Waals surface area (Å²) >= 11 is 0. The second-order valence-electron chi connectivity index (χ2n) is 5.98. The molecule has 0 bridgehead atoms. The molecule has 0 aliphatic carbocycles. The van der Waals surface area contributed by atoms with Crippen molar-refractivity contribution in [1.29, 1.82) is 0 Å². The van der Waals surface area contributed by atoms with Gasteiger partial charge in [0.2, 0.25) is 0 Å². The van der Waals surface area contributed by atoms with Crippen LogP contribution in [0, 0.1) is 0 Å². The van der Waals surface area contributed by atoms with Crippen LogP contribution in [0.5, 0.6) is 0 Å². The highest BCUT2D eigenvalue weighted by molar-refractivity contribution is 6.02. The first-order chi connectivity index (χ1) is 12.2. The van der Waals surface area contributed by atoms with Crippen LogP contribution < -0.4 is 5.32 Å². The van der Waals surface area contributed by atoms with Crippen LogP contribution in [-0.2, 0) is 12.6 Å². The second-order valence-corrected chi connectivity index (χ2v) is 5.98. The lowest BCUT2D eigenvalue weighted by Gasteiger charge is -2.32. The molecule has 2 rings (SSSR count). The molecule has 0 aliphatic heterocycles. The van der Waals surface area contributed by atoms with Gasteiger partial charge >= 0.3 is 12.4 Å². The Morgan fingerprint density at radius 2 is 1.74 bits per heavy atom. The fourth-order valence-corrected chi connectivity index (χ4v) is 2.32. The number of hydrogen-bond acceptors (Lipinski definition) is 4. The Morgan fingerprint density at radius 3 is 2.15 bits per heavy atom. The average molecular weight is 399 g/mol. The highest BCUT2D eigenvalue weighted by Gasteiger charge is 2.72. The Balaban J connectivity index is 2.63. The van der Waals surface area contributed by atoms with E-state index in [0.717, 1.165) is 4.68 Å². The summed E-state index contributed by atoms with van der Waals surface area (Å²) in [6.07, 6.45) is -10.6. The van der Waals surface area contributed by atoms with Crippen LogP contribution in [0.1, 0.15) is 35.9 Å². The Bertz CT molecular complexity index is 822. The molecule has 1 amide bonds. The predicted octanol–water partition coefficient (Wildman–Crippen LogP) is 2.76. The molecule has 2 aromatic heterocycles. The number of anilines is 1. The zero-order valence-electron chi connectivity index (χ0n) is 14.2. The lowest BCUT2D eigenvalue weighted by Crippen LogP contribution is -2.54. The van der Waals surface area contributed by atoms with Gasteiger partial charge in [-0.2, -0.15) is 36.5 Å². The molecule has 0 aliphatic rings. The minimum atomic E-state index is -6.11. The summed E-state index contributed by atoms with van der Waals surface area (Å²) in [4.78, 5) is 12.2. The fraction of sp³-hybridized carbons (Fsp3) is 0.500. The lowest BCUT2D eigenvalue weighted by molar-refractivity contribution is -0.376. The van der Waals surface area contributed by atoms with Crippen LogP contribution in [0.3, 0.4) is 0 Å². The van der Waals surface area contributed by atoms with Gasteiger partial charge in [-0.05, 0) is 19.9 Å². The van der Waals surface area contributed by atoms with Gasteiger partial charge in [0, 0.05) is 19.3 Å². The molecule has 0 atom stereocenters. The van der Waals surface area contributed by atoms with Gasteiger partial charge in [-0.3, -0.25) is 9.48 Å². The highest BCUT2D eigenvalue weighted by atomic mass is 19.4.